The van der Waals surface area contributed by atoms with Crippen LogP contribution in [0.2, 0.25) is 10.0 Å². The summed E-state index contributed by atoms with van der Waals surface area (Å²) >= 11 is 12.4. The molecule has 226 valence electrons. The number of amides is 2. The zero-order chi connectivity index (χ0) is 31.2. The largest absolute Gasteiger partial charge is 0.416 e. The molecule has 0 fully saturated rings. The highest BCUT2D eigenvalue weighted by atomic mass is 35.5. The fourth-order valence-electron chi connectivity index (χ4n) is 4.25. The van der Waals surface area contributed by atoms with E-state index in [4.69, 9.17) is 23.2 Å². The van der Waals surface area contributed by atoms with E-state index in [0.717, 1.165) is 17.7 Å². The van der Waals surface area contributed by atoms with Gasteiger partial charge >= 0.3 is 6.18 Å². The number of halogens is 5. The molecule has 0 aliphatic carbocycles. The van der Waals surface area contributed by atoms with E-state index in [1.165, 1.54) is 41.3 Å². The number of sulfonamides is 1. The van der Waals surface area contributed by atoms with Crippen molar-refractivity contribution in [3.8, 4) is 0 Å². The number of carbonyl (C=O) groups excluding carboxylic acids is 2. The molecule has 0 unspecified atom stereocenters. The summed E-state index contributed by atoms with van der Waals surface area (Å²) in [6.45, 7) is 4.32. The molecule has 1 atom stereocenters. The van der Waals surface area contributed by atoms with Gasteiger partial charge in [0.2, 0.25) is 11.8 Å². The minimum atomic E-state index is -4.76. The van der Waals surface area contributed by atoms with E-state index >= 15 is 0 Å². The first-order valence-corrected chi connectivity index (χ1v) is 15.2. The normalized spacial score (nSPS) is 12.5. The summed E-state index contributed by atoms with van der Waals surface area (Å²) < 4.78 is 69.1. The predicted molar refractivity (Wildman–Crippen MR) is 157 cm³/mol. The number of benzene rings is 3. The van der Waals surface area contributed by atoms with E-state index in [2.05, 4.69) is 5.32 Å². The molecule has 0 saturated carbocycles. The highest BCUT2D eigenvalue weighted by Crippen LogP contribution is 2.33. The van der Waals surface area contributed by atoms with Gasteiger partial charge in [0, 0.05) is 23.1 Å². The second kappa shape index (κ2) is 13.8. The van der Waals surface area contributed by atoms with E-state index in [0.29, 0.717) is 21.0 Å². The lowest BCUT2D eigenvalue weighted by Gasteiger charge is -2.33. The summed E-state index contributed by atoms with van der Waals surface area (Å²) in [7, 11) is -4.54. The van der Waals surface area contributed by atoms with Crippen molar-refractivity contribution in [3.05, 3.63) is 93.5 Å². The van der Waals surface area contributed by atoms with Gasteiger partial charge in [-0.1, -0.05) is 60.0 Å². The standard InChI is InChI=1S/C29H30Cl2F3N3O4S/c1-4-26(28(39)35-5-2)36(17-20-11-12-22(30)16-25(20)31)27(38)18-37(23-8-6-7-21(15-23)29(32,33)34)42(40,41)24-13-9-19(3)10-14-24/h6-16,26H,4-5,17-18H2,1-3H3,(H,35,39)/t26-/m1/s1. The van der Waals surface area contributed by atoms with Gasteiger partial charge in [0.1, 0.15) is 12.6 Å². The van der Waals surface area contributed by atoms with Crippen molar-refractivity contribution in [1.82, 2.24) is 10.2 Å². The fraction of sp³-hybridized carbons (Fsp3) is 0.310. The molecule has 3 aromatic rings. The molecule has 1 N–H and O–H groups in total. The van der Waals surface area contributed by atoms with Crippen LogP contribution in [-0.2, 0) is 32.3 Å². The van der Waals surface area contributed by atoms with E-state index in [1.54, 1.807) is 32.9 Å². The van der Waals surface area contributed by atoms with Gasteiger partial charge in [0.15, 0.2) is 0 Å². The van der Waals surface area contributed by atoms with E-state index in [-0.39, 0.29) is 35.1 Å². The van der Waals surface area contributed by atoms with Crippen LogP contribution in [0.3, 0.4) is 0 Å². The Hall–Kier alpha value is -3.28. The van der Waals surface area contributed by atoms with Crippen LogP contribution in [-0.4, -0.2) is 44.3 Å². The first kappa shape index (κ1) is 33.2. The van der Waals surface area contributed by atoms with Crippen molar-refractivity contribution in [2.75, 3.05) is 17.4 Å². The third-order valence-corrected chi connectivity index (χ3v) is 8.82. The van der Waals surface area contributed by atoms with Gasteiger partial charge in [-0.3, -0.25) is 13.9 Å². The summed E-state index contributed by atoms with van der Waals surface area (Å²) in [6, 6.07) is 13.0. The Labute approximate surface area is 253 Å². The molecule has 7 nitrogen and oxygen atoms in total. The molecule has 0 aromatic heterocycles. The van der Waals surface area contributed by atoms with Crippen molar-refractivity contribution < 1.29 is 31.2 Å². The average molecular weight is 645 g/mol. The fourth-order valence-corrected chi connectivity index (χ4v) is 6.12. The van der Waals surface area contributed by atoms with Crippen LogP contribution in [0.5, 0.6) is 0 Å². The van der Waals surface area contributed by atoms with E-state index in [1.807, 2.05) is 0 Å². The van der Waals surface area contributed by atoms with Crippen molar-refractivity contribution in [3.63, 3.8) is 0 Å². The monoisotopic (exact) mass is 643 g/mol. The Balaban J connectivity index is 2.14. The van der Waals surface area contributed by atoms with E-state index in [9.17, 15) is 31.2 Å². The number of nitrogens with zero attached hydrogens (tertiary/aromatic N) is 2. The molecular formula is C29H30Cl2F3N3O4S. The van der Waals surface area contributed by atoms with Crippen LogP contribution >= 0.6 is 23.2 Å². The first-order chi connectivity index (χ1) is 19.7. The van der Waals surface area contributed by atoms with Crippen LogP contribution < -0.4 is 9.62 Å². The molecule has 0 aliphatic heterocycles. The van der Waals surface area contributed by atoms with Crippen molar-refractivity contribution >= 4 is 50.7 Å². The minimum absolute atomic E-state index is 0.164. The molecule has 0 bridgehead atoms. The lowest BCUT2D eigenvalue weighted by Crippen LogP contribution is -2.52. The van der Waals surface area contributed by atoms with Gasteiger partial charge in [-0.05, 0) is 68.3 Å². The zero-order valence-electron chi connectivity index (χ0n) is 23.1. The summed E-state index contributed by atoms with van der Waals surface area (Å²) in [4.78, 5) is 27.9. The number of anilines is 1. The van der Waals surface area contributed by atoms with Gasteiger partial charge < -0.3 is 10.2 Å². The van der Waals surface area contributed by atoms with E-state index < -0.39 is 46.2 Å². The average Bonchev–Trinajstić information content (AvgIpc) is 2.92. The molecule has 0 radical (unpaired) electrons. The minimum Gasteiger partial charge on any atom is -0.355 e. The first-order valence-electron chi connectivity index (χ1n) is 13.0. The van der Waals surface area contributed by atoms with Crippen LogP contribution in [0.4, 0.5) is 18.9 Å². The number of likely N-dealkylation sites (N-methyl/N-ethyl adjacent to an activating group) is 1. The van der Waals surface area contributed by atoms with Crippen LogP contribution in [0.25, 0.3) is 0 Å². The Kier molecular flexibility index (Phi) is 10.9. The third-order valence-electron chi connectivity index (χ3n) is 6.44. The maximum absolute atomic E-state index is 14.0. The Bertz CT molecular complexity index is 1530. The van der Waals surface area contributed by atoms with Crippen LogP contribution in [0, 0.1) is 6.92 Å². The van der Waals surface area contributed by atoms with Gasteiger partial charge in [0.25, 0.3) is 10.0 Å². The molecule has 0 heterocycles. The maximum Gasteiger partial charge on any atom is 0.416 e. The Morgan fingerprint density at radius 3 is 2.21 bits per heavy atom. The topological polar surface area (TPSA) is 86.8 Å². The molecule has 0 saturated heterocycles. The van der Waals surface area contributed by atoms with Gasteiger partial charge in [-0.25, -0.2) is 8.42 Å². The number of aryl methyl sites for hydroxylation is 1. The van der Waals surface area contributed by atoms with Gasteiger partial charge in [-0.2, -0.15) is 13.2 Å². The molecular weight excluding hydrogens is 614 g/mol. The van der Waals surface area contributed by atoms with Crippen molar-refractivity contribution in [2.45, 2.75) is 50.9 Å². The number of alkyl halides is 3. The van der Waals surface area contributed by atoms with Crippen LogP contribution in [0.1, 0.15) is 37.0 Å². The molecule has 0 spiro atoms. The lowest BCUT2D eigenvalue weighted by molar-refractivity contribution is -0.140. The molecule has 0 aliphatic rings. The van der Waals surface area contributed by atoms with Crippen molar-refractivity contribution in [1.29, 1.82) is 0 Å². The molecule has 42 heavy (non-hydrogen) atoms. The molecule has 3 rings (SSSR count). The second-order valence-electron chi connectivity index (χ2n) is 9.45. The summed E-state index contributed by atoms with van der Waals surface area (Å²) in [5.74, 6) is -1.31. The zero-order valence-corrected chi connectivity index (χ0v) is 25.4. The number of nitrogens with one attached hydrogen (secondary N) is 1. The molecule has 13 heteroatoms. The van der Waals surface area contributed by atoms with Crippen molar-refractivity contribution in [2.24, 2.45) is 0 Å². The quantitative estimate of drug-likeness (QED) is 0.260. The highest BCUT2D eigenvalue weighted by Gasteiger charge is 2.36. The second-order valence-corrected chi connectivity index (χ2v) is 12.2. The van der Waals surface area contributed by atoms with Crippen LogP contribution in [0.15, 0.2) is 71.6 Å². The SMILES string of the molecule is CCNC(=O)[C@@H](CC)N(Cc1ccc(Cl)cc1Cl)C(=O)CN(c1cccc(C(F)(F)F)c1)S(=O)(=O)c1ccc(C)cc1. The van der Waals surface area contributed by atoms with Gasteiger partial charge in [-0.15, -0.1) is 0 Å². The smallest absolute Gasteiger partial charge is 0.355 e. The lowest BCUT2D eigenvalue weighted by atomic mass is 10.1. The summed E-state index contributed by atoms with van der Waals surface area (Å²) in [5, 5.41) is 3.23. The number of hydrogen-bond donors (Lipinski definition) is 1. The Morgan fingerprint density at radius 2 is 1.64 bits per heavy atom. The third kappa shape index (κ3) is 7.96. The maximum atomic E-state index is 14.0. The summed E-state index contributed by atoms with van der Waals surface area (Å²) in [5.41, 5.74) is -0.261. The molecule has 3 aromatic carbocycles. The highest BCUT2D eigenvalue weighted by molar-refractivity contribution is 7.92. The van der Waals surface area contributed by atoms with Gasteiger partial charge in [0.05, 0.1) is 16.1 Å². The molecule has 2 amide bonds. The Morgan fingerprint density at radius 1 is 0.976 bits per heavy atom. The summed E-state index contributed by atoms with van der Waals surface area (Å²) in [6.07, 6.45) is -4.60. The number of carbonyl (C=O) groups is 2. The number of rotatable bonds is 11. The predicted octanol–water partition coefficient (Wildman–Crippen LogP) is 6.46. The number of hydrogen-bond acceptors (Lipinski definition) is 4.